The molecule has 0 radical (unpaired) electrons. The molecule has 0 N–H and O–H groups in total. The van der Waals surface area contributed by atoms with Gasteiger partial charge in [0.2, 0.25) is 11.7 Å². The summed E-state index contributed by atoms with van der Waals surface area (Å²) in [5.41, 5.74) is 2.41. The summed E-state index contributed by atoms with van der Waals surface area (Å²) in [6.45, 7) is 2.06. The summed E-state index contributed by atoms with van der Waals surface area (Å²) in [4.78, 5) is 31.3. The van der Waals surface area contributed by atoms with Crippen LogP contribution in [-0.4, -0.2) is 39.0 Å². The number of fused-ring (bicyclic) bond motifs is 1. The Hall–Kier alpha value is -3.40. The summed E-state index contributed by atoms with van der Waals surface area (Å²) in [6, 6.07) is 13.0. The first-order valence-corrected chi connectivity index (χ1v) is 10.0. The lowest BCUT2D eigenvalue weighted by molar-refractivity contribution is -0.123. The highest BCUT2D eigenvalue weighted by atomic mass is 79.9. The van der Waals surface area contributed by atoms with Gasteiger partial charge in [-0.15, -0.1) is 0 Å². The first-order chi connectivity index (χ1) is 14.5. The topological polar surface area (TPSA) is 104 Å². The number of nitrogens with zero attached hydrogens (tertiary/aromatic N) is 6. The molecule has 2 amide bonds. The molecule has 1 fully saturated rings. The summed E-state index contributed by atoms with van der Waals surface area (Å²) in [7, 11) is 0. The fourth-order valence-corrected chi connectivity index (χ4v) is 3.82. The van der Waals surface area contributed by atoms with E-state index in [4.69, 9.17) is 4.52 Å². The van der Waals surface area contributed by atoms with Crippen molar-refractivity contribution < 1.29 is 14.1 Å². The molecule has 0 saturated carbocycles. The summed E-state index contributed by atoms with van der Waals surface area (Å²) in [6.07, 6.45) is 0. The molecule has 3 aromatic rings. The van der Waals surface area contributed by atoms with Gasteiger partial charge in [0.05, 0.1) is 5.69 Å². The molecule has 9 nitrogen and oxygen atoms in total. The molecule has 2 atom stereocenters. The number of aryl methyl sites for hydroxylation is 1. The smallest absolute Gasteiger partial charge is 0.263 e. The Morgan fingerprint density at radius 2 is 1.90 bits per heavy atom. The Labute approximate surface area is 179 Å². The van der Waals surface area contributed by atoms with Crippen molar-refractivity contribution in [3.05, 3.63) is 64.5 Å². The summed E-state index contributed by atoms with van der Waals surface area (Å²) >= 11 is 3.35. The Bertz CT molecular complexity index is 1180. The highest BCUT2D eigenvalue weighted by Crippen LogP contribution is 2.33. The molecule has 1 saturated heterocycles. The molecule has 2 unspecified atom stereocenters. The van der Waals surface area contributed by atoms with Crippen LogP contribution in [0.15, 0.2) is 67.9 Å². The second-order valence-electron chi connectivity index (χ2n) is 7.06. The number of amides is 2. The highest BCUT2D eigenvalue weighted by molar-refractivity contribution is 9.10. The highest BCUT2D eigenvalue weighted by Gasteiger charge is 2.55. The van der Waals surface area contributed by atoms with Gasteiger partial charge in [-0.2, -0.15) is 10.1 Å². The van der Waals surface area contributed by atoms with E-state index in [2.05, 4.69) is 36.4 Å². The number of imide groups is 1. The fourth-order valence-electron chi connectivity index (χ4n) is 3.56. The van der Waals surface area contributed by atoms with Gasteiger partial charge in [0, 0.05) is 10.0 Å². The molecule has 0 spiro atoms. The predicted molar refractivity (Wildman–Crippen MR) is 109 cm³/mol. The van der Waals surface area contributed by atoms with E-state index < -0.39 is 18.0 Å². The second-order valence-corrected chi connectivity index (χ2v) is 7.98. The molecule has 0 aliphatic carbocycles. The van der Waals surface area contributed by atoms with E-state index in [1.807, 2.05) is 31.2 Å². The quantitative estimate of drug-likeness (QED) is 0.546. The lowest BCUT2D eigenvalue weighted by atomic mass is 10.1. The van der Waals surface area contributed by atoms with Gasteiger partial charge in [-0.1, -0.05) is 50.1 Å². The third-order valence-corrected chi connectivity index (χ3v) is 5.51. The minimum Gasteiger partial charge on any atom is -0.337 e. The van der Waals surface area contributed by atoms with E-state index in [0.29, 0.717) is 11.5 Å². The van der Waals surface area contributed by atoms with Gasteiger partial charge in [0.1, 0.15) is 6.54 Å². The number of benzene rings is 2. The van der Waals surface area contributed by atoms with Crippen LogP contribution in [0.2, 0.25) is 0 Å². The molecule has 2 aromatic carbocycles. The van der Waals surface area contributed by atoms with E-state index in [-0.39, 0.29) is 18.3 Å². The van der Waals surface area contributed by atoms with Gasteiger partial charge >= 0.3 is 0 Å². The zero-order chi connectivity index (χ0) is 20.8. The van der Waals surface area contributed by atoms with Crippen LogP contribution in [0, 0.1) is 6.92 Å². The Morgan fingerprint density at radius 3 is 2.67 bits per heavy atom. The molecular weight excluding hydrogens is 452 g/mol. The SMILES string of the molecule is Cc1cccc(-c2noc(CN3N=NC4C(=O)N(c5ccc(Br)cc5)C(=O)C43)n2)c1. The molecule has 1 aromatic heterocycles. The molecule has 10 heteroatoms. The zero-order valence-corrected chi connectivity index (χ0v) is 17.4. The number of hydrogen-bond donors (Lipinski definition) is 0. The number of hydrogen-bond acceptors (Lipinski definition) is 8. The van der Waals surface area contributed by atoms with E-state index in [1.165, 1.54) is 5.01 Å². The first-order valence-electron chi connectivity index (χ1n) is 9.22. The molecule has 30 heavy (non-hydrogen) atoms. The van der Waals surface area contributed by atoms with Crippen molar-refractivity contribution in [2.45, 2.75) is 25.6 Å². The van der Waals surface area contributed by atoms with Gasteiger partial charge in [0.15, 0.2) is 12.1 Å². The van der Waals surface area contributed by atoms with Crippen molar-refractivity contribution >= 4 is 33.4 Å². The Balaban J connectivity index is 1.36. The normalized spacial score (nSPS) is 20.3. The van der Waals surface area contributed by atoms with Gasteiger partial charge in [-0.3, -0.25) is 14.6 Å². The first kappa shape index (κ1) is 18.6. The Morgan fingerprint density at radius 1 is 1.10 bits per heavy atom. The molecule has 150 valence electrons. The maximum Gasteiger partial charge on any atom is 0.263 e. The van der Waals surface area contributed by atoms with E-state index in [0.717, 1.165) is 20.5 Å². The summed E-state index contributed by atoms with van der Waals surface area (Å²) in [5.74, 6) is -0.0413. The van der Waals surface area contributed by atoms with Crippen molar-refractivity contribution in [3.8, 4) is 11.4 Å². The minimum atomic E-state index is -0.875. The predicted octanol–water partition coefficient (Wildman–Crippen LogP) is 3.30. The molecule has 0 bridgehead atoms. The minimum absolute atomic E-state index is 0.0800. The second kappa shape index (κ2) is 7.13. The fraction of sp³-hybridized carbons (Fsp3) is 0.200. The van der Waals surface area contributed by atoms with E-state index in [9.17, 15) is 9.59 Å². The molecule has 3 heterocycles. The third-order valence-electron chi connectivity index (χ3n) is 4.98. The number of aromatic nitrogens is 2. The maximum absolute atomic E-state index is 13.0. The molecule has 2 aliphatic heterocycles. The number of anilines is 1. The number of halogens is 1. The number of carbonyl (C=O) groups is 2. The van der Waals surface area contributed by atoms with Gasteiger partial charge in [0.25, 0.3) is 11.8 Å². The molecular formula is C20H15BrN6O3. The van der Waals surface area contributed by atoms with Gasteiger partial charge < -0.3 is 4.52 Å². The monoisotopic (exact) mass is 466 g/mol. The van der Waals surface area contributed by atoms with E-state index in [1.54, 1.807) is 24.3 Å². The van der Waals surface area contributed by atoms with Crippen LogP contribution in [0.3, 0.4) is 0 Å². The van der Waals surface area contributed by atoms with Crippen LogP contribution in [-0.2, 0) is 16.1 Å². The lowest BCUT2D eigenvalue weighted by Crippen LogP contribution is -2.39. The standard InChI is InChI=1S/C20H15BrN6O3/c1-11-3-2-4-12(9-11)18-22-15(30-24-18)10-26-17-16(23-25-26)19(28)27(20(17)29)14-7-5-13(21)6-8-14/h2-9,16-17H,10H2,1H3. The number of rotatable bonds is 4. The molecule has 5 rings (SSSR count). The van der Waals surface area contributed by atoms with Crippen LogP contribution in [0.1, 0.15) is 11.5 Å². The largest absolute Gasteiger partial charge is 0.337 e. The van der Waals surface area contributed by atoms with Crippen molar-refractivity contribution in [1.29, 1.82) is 0 Å². The summed E-state index contributed by atoms with van der Waals surface area (Å²) in [5, 5.41) is 13.5. The third kappa shape index (κ3) is 3.09. The van der Waals surface area contributed by atoms with Crippen molar-refractivity contribution in [2.75, 3.05) is 4.90 Å². The summed E-state index contributed by atoms with van der Waals surface area (Å²) < 4.78 is 6.19. The van der Waals surface area contributed by atoms with Crippen LogP contribution >= 0.6 is 15.9 Å². The van der Waals surface area contributed by atoms with Crippen molar-refractivity contribution in [2.24, 2.45) is 10.3 Å². The van der Waals surface area contributed by atoms with Gasteiger partial charge in [-0.25, -0.2) is 4.90 Å². The maximum atomic E-state index is 13.0. The van der Waals surface area contributed by atoms with Crippen LogP contribution in [0.25, 0.3) is 11.4 Å². The average molecular weight is 467 g/mol. The van der Waals surface area contributed by atoms with Crippen molar-refractivity contribution in [3.63, 3.8) is 0 Å². The molecule has 2 aliphatic rings. The zero-order valence-electron chi connectivity index (χ0n) is 15.8. The Kier molecular flexibility index (Phi) is 4.43. The average Bonchev–Trinajstić information content (AvgIpc) is 3.42. The van der Waals surface area contributed by atoms with Crippen molar-refractivity contribution in [1.82, 2.24) is 15.1 Å². The van der Waals surface area contributed by atoms with Crippen LogP contribution < -0.4 is 4.90 Å². The lowest BCUT2D eigenvalue weighted by Gasteiger charge is -2.19. The van der Waals surface area contributed by atoms with E-state index >= 15 is 0 Å². The number of carbonyl (C=O) groups excluding carboxylic acids is 2. The van der Waals surface area contributed by atoms with Crippen LogP contribution in [0.4, 0.5) is 5.69 Å². The van der Waals surface area contributed by atoms with Gasteiger partial charge in [-0.05, 0) is 37.3 Å². The van der Waals surface area contributed by atoms with Crippen LogP contribution in [0.5, 0.6) is 0 Å².